The van der Waals surface area contributed by atoms with Crippen molar-refractivity contribution in [1.29, 1.82) is 0 Å². The van der Waals surface area contributed by atoms with Crippen LogP contribution in [0.1, 0.15) is 52.0 Å². The monoisotopic (exact) mass is 501 g/mol. The van der Waals surface area contributed by atoms with Crippen molar-refractivity contribution in [3.05, 3.63) is 66.2 Å². The number of nitrogens with zero attached hydrogens (tertiary/aromatic N) is 2. The van der Waals surface area contributed by atoms with Crippen LogP contribution in [0.15, 0.2) is 60.7 Å². The Balaban J connectivity index is 2.14. The van der Waals surface area contributed by atoms with Crippen molar-refractivity contribution in [2.24, 2.45) is 0 Å². The van der Waals surface area contributed by atoms with E-state index in [4.69, 9.17) is 0 Å². The van der Waals surface area contributed by atoms with Gasteiger partial charge in [-0.1, -0.05) is 62.4 Å². The molecule has 0 aliphatic carbocycles. The second-order valence-electron chi connectivity index (χ2n) is 8.84. The lowest BCUT2D eigenvalue weighted by atomic mass is 10.1. The van der Waals surface area contributed by atoms with Gasteiger partial charge in [0.2, 0.25) is 21.8 Å². The third-order valence-corrected chi connectivity index (χ3v) is 7.26. The van der Waals surface area contributed by atoms with Crippen molar-refractivity contribution in [1.82, 2.24) is 10.2 Å². The van der Waals surface area contributed by atoms with Crippen LogP contribution in [0.25, 0.3) is 0 Å². The van der Waals surface area contributed by atoms with E-state index in [0.29, 0.717) is 31.5 Å². The Labute approximate surface area is 210 Å². The summed E-state index contributed by atoms with van der Waals surface area (Å²) in [5.41, 5.74) is 1.66. The first-order chi connectivity index (χ1) is 16.7. The Morgan fingerprint density at radius 2 is 1.51 bits per heavy atom. The number of anilines is 1. The van der Waals surface area contributed by atoms with Crippen LogP contribution in [0.3, 0.4) is 0 Å². The normalized spacial score (nSPS) is 13.0. The number of amides is 2. The van der Waals surface area contributed by atoms with Gasteiger partial charge in [0.05, 0.1) is 11.9 Å². The second-order valence-corrected chi connectivity index (χ2v) is 10.7. The minimum absolute atomic E-state index is 0.0248. The summed E-state index contributed by atoms with van der Waals surface area (Å²) < 4.78 is 26.0. The fourth-order valence-corrected chi connectivity index (χ4v) is 4.90. The molecular formula is C27H39N3O4S. The number of carbonyl (C=O) groups is 2. The van der Waals surface area contributed by atoms with Crippen LogP contribution in [0, 0.1) is 0 Å². The molecule has 8 heteroatoms. The zero-order valence-corrected chi connectivity index (χ0v) is 22.1. The van der Waals surface area contributed by atoms with Gasteiger partial charge in [0.25, 0.3) is 0 Å². The van der Waals surface area contributed by atoms with Gasteiger partial charge in [-0.05, 0) is 50.3 Å². The average molecular weight is 502 g/mol. The molecule has 0 aliphatic heterocycles. The van der Waals surface area contributed by atoms with Crippen LogP contribution in [-0.2, 0) is 26.0 Å². The molecule has 2 aromatic rings. The van der Waals surface area contributed by atoms with Gasteiger partial charge in [-0.25, -0.2) is 8.42 Å². The maximum absolute atomic E-state index is 13.4. The number of nitrogens with one attached hydrogen (secondary N) is 1. The van der Waals surface area contributed by atoms with Gasteiger partial charge >= 0.3 is 0 Å². The maximum atomic E-state index is 13.4. The van der Waals surface area contributed by atoms with Crippen molar-refractivity contribution in [2.75, 3.05) is 23.7 Å². The third kappa shape index (κ3) is 9.02. The molecule has 2 rings (SSSR count). The SMILES string of the molecule is CC[C@H](C(=O)N[C@@H](C)CC)N(CCc1ccccc1)C(=O)CCCN(c1ccccc1)S(C)(=O)=O. The fourth-order valence-electron chi connectivity index (χ4n) is 3.94. The first kappa shape index (κ1) is 28.4. The minimum Gasteiger partial charge on any atom is -0.352 e. The molecule has 0 radical (unpaired) electrons. The Hall–Kier alpha value is -2.87. The molecule has 0 saturated carbocycles. The highest BCUT2D eigenvalue weighted by Crippen LogP contribution is 2.18. The molecule has 0 aliphatic rings. The number of sulfonamides is 1. The van der Waals surface area contributed by atoms with Crippen LogP contribution in [0.2, 0.25) is 0 Å². The Kier molecular flexibility index (Phi) is 11.2. The second kappa shape index (κ2) is 13.9. The van der Waals surface area contributed by atoms with Crippen molar-refractivity contribution >= 4 is 27.5 Å². The number of carbonyl (C=O) groups excluding carboxylic acids is 2. The van der Waals surface area contributed by atoms with Gasteiger partial charge in [-0.3, -0.25) is 13.9 Å². The molecule has 2 aromatic carbocycles. The van der Waals surface area contributed by atoms with Gasteiger partial charge in [-0.2, -0.15) is 0 Å². The Morgan fingerprint density at radius 3 is 2.06 bits per heavy atom. The van der Waals surface area contributed by atoms with E-state index in [-0.39, 0.29) is 30.8 Å². The van der Waals surface area contributed by atoms with Crippen LogP contribution < -0.4 is 9.62 Å². The molecule has 0 unspecified atom stereocenters. The lowest BCUT2D eigenvalue weighted by molar-refractivity contribution is -0.141. The predicted molar refractivity (Wildman–Crippen MR) is 142 cm³/mol. The highest BCUT2D eigenvalue weighted by Gasteiger charge is 2.29. The summed E-state index contributed by atoms with van der Waals surface area (Å²) in [5, 5.41) is 3.01. The summed E-state index contributed by atoms with van der Waals surface area (Å²) in [4.78, 5) is 28.0. The van der Waals surface area contributed by atoms with Crippen LogP contribution >= 0.6 is 0 Å². The van der Waals surface area contributed by atoms with E-state index in [1.165, 1.54) is 10.6 Å². The summed E-state index contributed by atoms with van der Waals surface area (Å²) in [7, 11) is -3.49. The summed E-state index contributed by atoms with van der Waals surface area (Å²) in [6.07, 6.45) is 3.62. The zero-order valence-electron chi connectivity index (χ0n) is 21.3. The lowest BCUT2D eigenvalue weighted by Gasteiger charge is -2.32. The van der Waals surface area contributed by atoms with Crippen molar-refractivity contribution < 1.29 is 18.0 Å². The van der Waals surface area contributed by atoms with Crippen molar-refractivity contribution in [3.63, 3.8) is 0 Å². The number of hydrogen-bond donors (Lipinski definition) is 1. The molecule has 1 N–H and O–H groups in total. The number of para-hydroxylation sites is 1. The minimum atomic E-state index is -3.49. The molecule has 0 bridgehead atoms. The van der Waals surface area contributed by atoms with E-state index in [1.54, 1.807) is 29.2 Å². The third-order valence-electron chi connectivity index (χ3n) is 6.07. The van der Waals surface area contributed by atoms with E-state index < -0.39 is 16.1 Å². The van der Waals surface area contributed by atoms with E-state index >= 15 is 0 Å². The summed E-state index contributed by atoms with van der Waals surface area (Å²) in [6.45, 7) is 6.47. The standard InChI is InChI=1S/C27H39N3O4S/c1-5-22(3)28-27(32)25(6-2)29(21-19-23-14-9-7-10-15-23)26(31)18-13-20-30(35(4,33)34)24-16-11-8-12-17-24/h7-12,14-17,22,25H,5-6,13,18-21H2,1-4H3,(H,28,32)/t22-,25+/m0/s1. The van der Waals surface area contributed by atoms with Gasteiger partial charge in [-0.15, -0.1) is 0 Å². The molecule has 0 saturated heterocycles. The van der Waals surface area contributed by atoms with Crippen LogP contribution in [-0.4, -0.2) is 56.6 Å². The molecule has 0 fully saturated rings. The fraction of sp³-hybridized carbons (Fsp3) is 0.481. The van der Waals surface area contributed by atoms with E-state index in [2.05, 4.69) is 5.32 Å². The molecule has 2 atom stereocenters. The number of hydrogen-bond acceptors (Lipinski definition) is 4. The van der Waals surface area contributed by atoms with Crippen molar-refractivity contribution in [2.45, 2.75) is 65.0 Å². The van der Waals surface area contributed by atoms with Gasteiger partial charge in [0.15, 0.2) is 0 Å². The quantitative estimate of drug-likeness (QED) is 0.424. The van der Waals surface area contributed by atoms with Gasteiger partial charge in [0, 0.05) is 25.6 Å². The Bertz CT molecular complexity index is 1030. The molecule has 0 aromatic heterocycles. The van der Waals surface area contributed by atoms with Gasteiger partial charge < -0.3 is 10.2 Å². The van der Waals surface area contributed by atoms with E-state index in [0.717, 1.165) is 12.0 Å². The summed E-state index contributed by atoms with van der Waals surface area (Å²) >= 11 is 0. The highest BCUT2D eigenvalue weighted by atomic mass is 32.2. The molecule has 0 heterocycles. The topological polar surface area (TPSA) is 86.8 Å². The summed E-state index contributed by atoms with van der Waals surface area (Å²) in [6, 6.07) is 18.2. The highest BCUT2D eigenvalue weighted by molar-refractivity contribution is 7.92. The average Bonchev–Trinajstić information content (AvgIpc) is 2.84. The van der Waals surface area contributed by atoms with E-state index in [1.807, 2.05) is 57.2 Å². The van der Waals surface area contributed by atoms with E-state index in [9.17, 15) is 18.0 Å². The molecule has 192 valence electrons. The molecule has 7 nitrogen and oxygen atoms in total. The first-order valence-electron chi connectivity index (χ1n) is 12.3. The lowest BCUT2D eigenvalue weighted by Crippen LogP contribution is -2.51. The van der Waals surface area contributed by atoms with Crippen LogP contribution in [0.5, 0.6) is 0 Å². The molecular weight excluding hydrogens is 462 g/mol. The van der Waals surface area contributed by atoms with Gasteiger partial charge in [0.1, 0.15) is 6.04 Å². The first-order valence-corrected chi connectivity index (χ1v) is 14.2. The zero-order chi connectivity index (χ0) is 25.8. The number of rotatable bonds is 14. The van der Waals surface area contributed by atoms with Crippen LogP contribution in [0.4, 0.5) is 5.69 Å². The smallest absolute Gasteiger partial charge is 0.243 e. The molecule has 0 spiro atoms. The van der Waals surface area contributed by atoms with Crippen molar-refractivity contribution in [3.8, 4) is 0 Å². The summed E-state index contributed by atoms with van der Waals surface area (Å²) in [5.74, 6) is -0.293. The molecule has 35 heavy (non-hydrogen) atoms. The molecule has 2 amide bonds. The maximum Gasteiger partial charge on any atom is 0.243 e. The predicted octanol–water partition coefficient (Wildman–Crippen LogP) is 4.00. The largest absolute Gasteiger partial charge is 0.352 e. The number of benzene rings is 2. The Morgan fingerprint density at radius 1 is 0.914 bits per heavy atom.